The number of hydrogen-bond donors (Lipinski definition) is 0. The lowest BCUT2D eigenvalue weighted by Crippen LogP contribution is -2.22. The van der Waals surface area contributed by atoms with E-state index in [9.17, 15) is 9.59 Å². The predicted molar refractivity (Wildman–Crippen MR) is 58.0 cm³/mol. The number of nitrogens with zero attached hydrogens (tertiary/aromatic N) is 3. The lowest BCUT2D eigenvalue weighted by molar-refractivity contribution is -0.108. The summed E-state index contributed by atoms with van der Waals surface area (Å²) < 4.78 is 3.53. The smallest absolute Gasteiger partial charge is 0.278 e. The van der Waals surface area contributed by atoms with Crippen LogP contribution in [-0.4, -0.2) is 20.2 Å². The first-order valence-corrected chi connectivity index (χ1v) is 5.11. The highest BCUT2D eigenvalue weighted by Crippen LogP contribution is 2.14. The van der Waals surface area contributed by atoms with Crippen molar-refractivity contribution in [3.63, 3.8) is 0 Å². The van der Waals surface area contributed by atoms with E-state index in [4.69, 9.17) is 0 Å². The van der Waals surface area contributed by atoms with Crippen LogP contribution in [0.3, 0.4) is 0 Å². The molecule has 0 saturated carbocycles. The van der Waals surface area contributed by atoms with E-state index in [1.807, 2.05) is 0 Å². The molecule has 0 spiro atoms. The fourth-order valence-electron chi connectivity index (χ4n) is 1.46. The Bertz CT molecular complexity index is 585. The third kappa shape index (κ3) is 1.50. The summed E-state index contributed by atoms with van der Waals surface area (Å²) in [5, 5.41) is 0. The largest absolute Gasteiger partial charge is 0.305 e. The number of hydrogen-bond acceptors (Lipinski definition) is 3. The van der Waals surface area contributed by atoms with Gasteiger partial charge in [-0.25, -0.2) is 4.98 Å². The first-order chi connectivity index (χ1) is 7.15. The average Bonchev–Trinajstić information content (AvgIpc) is 2.47. The van der Waals surface area contributed by atoms with Crippen molar-refractivity contribution in [2.75, 3.05) is 0 Å². The van der Waals surface area contributed by atoms with E-state index < -0.39 is 0 Å². The van der Waals surface area contributed by atoms with Gasteiger partial charge in [0, 0.05) is 12.4 Å². The molecule has 5 nitrogen and oxygen atoms in total. The number of carbonyl (C=O) groups excluding carboxylic acids is 1. The van der Waals surface area contributed by atoms with Gasteiger partial charge in [0.05, 0.1) is 6.54 Å². The third-order valence-electron chi connectivity index (χ3n) is 2.18. The zero-order chi connectivity index (χ0) is 11.0. The van der Waals surface area contributed by atoms with Crippen LogP contribution in [0.15, 0.2) is 21.8 Å². The van der Waals surface area contributed by atoms with E-state index in [0.717, 1.165) is 5.82 Å². The third-order valence-corrected chi connectivity index (χ3v) is 2.73. The molecule has 0 aromatic carbocycles. The van der Waals surface area contributed by atoms with Gasteiger partial charge in [0.1, 0.15) is 22.2 Å². The predicted octanol–water partition coefficient (Wildman–Crippen LogP) is 0.766. The Labute approximate surface area is 93.5 Å². The molecular formula is C9H8BrN3O2. The number of halogens is 1. The van der Waals surface area contributed by atoms with Crippen LogP contribution in [0.2, 0.25) is 0 Å². The van der Waals surface area contributed by atoms with Gasteiger partial charge in [-0.15, -0.1) is 0 Å². The minimum Gasteiger partial charge on any atom is -0.305 e. The summed E-state index contributed by atoms with van der Waals surface area (Å²) in [7, 11) is 0. The Kier molecular flexibility index (Phi) is 2.44. The van der Waals surface area contributed by atoms with Crippen LogP contribution in [0.5, 0.6) is 0 Å². The summed E-state index contributed by atoms with van der Waals surface area (Å²) in [5.41, 5.74) is 0.230. The molecule has 0 amide bonds. The fourth-order valence-corrected chi connectivity index (χ4v) is 2.08. The number of fused-ring (bicyclic) bond motifs is 1. The first kappa shape index (κ1) is 10.1. The lowest BCUT2D eigenvalue weighted by atomic mass is 10.5. The molecule has 2 aromatic rings. The first-order valence-electron chi connectivity index (χ1n) is 4.32. The van der Waals surface area contributed by atoms with Crippen LogP contribution < -0.4 is 5.56 Å². The molecule has 2 aromatic heterocycles. The van der Waals surface area contributed by atoms with Crippen molar-refractivity contribution < 1.29 is 4.79 Å². The van der Waals surface area contributed by atoms with E-state index in [0.29, 0.717) is 16.4 Å². The van der Waals surface area contributed by atoms with Gasteiger partial charge in [0.25, 0.3) is 5.56 Å². The monoisotopic (exact) mass is 269 g/mol. The van der Waals surface area contributed by atoms with E-state index >= 15 is 0 Å². The number of rotatable bonds is 2. The maximum atomic E-state index is 11.9. The summed E-state index contributed by atoms with van der Waals surface area (Å²) in [4.78, 5) is 26.4. The fraction of sp³-hybridized carbons (Fsp3) is 0.222. The average molecular weight is 270 g/mol. The molecule has 0 fully saturated rings. The molecule has 0 bridgehead atoms. The Morgan fingerprint density at radius 1 is 1.53 bits per heavy atom. The molecule has 0 atom stereocenters. The lowest BCUT2D eigenvalue weighted by Gasteiger charge is -2.01. The number of aryl methyl sites for hydroxylation is 1. The Balaban J connectivity index is 2.83. The number of imidazole rings is 1. The Morgan fingerprint density at radius 2 is 2.27 bits per heavy atom. The maximum Gasteiger partial charge on any atom is 0.278 e. The molecule has 0 aliphatic carbocycles. The summed E-state index contributed by atoms with van der Waals surface area (Å²) in [5.74, 6) is 0.729. The van der Waals surface area contributed by atoms with E-state index in [2.05, 4.69) is 20.9 Å². The highest BCUT2D eigenvalue weighted by Gasteiger charge is 2.10. The highest BCUT2D eigenvalue weighted by molar-refractivity contribution is 9.10. The summed E-state index contributed by atoms with van der Waals surface area (Å²) >= 11 is 3.22. The SMILES string of the molecule is Cc1nc(Br)c2c(=O)n(CC=O)ccn12. The molecule has 0 radical (unpaired) electrons. The van der Waals surface area contributed by atoms with Gasteiger partial charge in [0.15, 0.2) is 0 Å². The zero-order valence-corrected chi connectivity index (χ0v) is 9.56. The van der Waals surface area contributed by atoms with Gasteiger partial charge < -0.3 is 9.36 Å². The van der Waals surface area contributed by atoms with Gasteiger partial charge >= 0.3 is 0 Å². The van der Waals surface area contributed by atoms with Crippen molar-refractivity contribution in [2.45, 2.75) is 13.5 Å². The van der Waals surface area contributed by atoms with Gasteiger partial charge in [0.2, 0.25) is 0 Å². The van der Waals surface area contributed by atoms with Crippen molar-refractivity contribution in [2.24, 2.45) is 0 Å². The molecule has 0 aliphatic rings. The van der Waals surface area contributed by atoms with Crippen LogP contribution in [-0.2, 0) is 11.3 Å². The van der Waals surface area contributed by atoms with E-state index in [1.165, 1.54) is 4.57 Å². The van der Waals surface area contributed by atoms with Crippen LogP contribution >= 0.6 is 15.9 Å². The topological polar surface area (TPSA) is 56.4 Å². The minimum absolute atomic E-state index is 0.0615. The molecule has 0 N–H and O–H groups in total. The second-order valence-electron chi connectivity index (χ2n) is 3.09. The van der Waals surface area contributed by atoms with E-state index in [1.54, 1.807) is 23.7 Å². The van der Waals surface area contributed by atoms with Gasteiger partial charge in [-0.3, -0.25) is 9.20 Å². The van der Waals surface area contributed by atoms with Crippen LogP contribution in [0.1, 0.15) is 5.82 Å². The van der Waals surface area contributed by atoms with E-state index in [-0.39, 0.29) is 12.1 Å². The van der Waals surface area contributed by atoms with Crippen molar-refractivity contribution in [1.29, 1.82) is 0 Å². The van der Waals surface area contributed by atoms with Crippen molar-refractivity contribution in [1.82, 2.24) is 14.0 Å². The van der Waals surface area contributed by atoms with Gasteiger partial charge in [-0.1, -0.05) is 0 Å². The quantitative estimate of drug-likeness (QED) is 0.757. The second kappa shape index (κ2) is 3.62. The zero-order valence-electron chi connectivity index (χ0n) is 7.98. The molecule has 15 heavy (non-hydrogen) atoms. The molecule has 0 unspecified atom stereocenters. The molecular weight excluding hydrogens is 262 g/mol. The van der Waals surface area contributed by atoms with Crippen molar-refractivity contribution in [3.8, 4) is 0 Å². The second-order valence-corrected chi connectivity index (χ2v) is 3.84. The number of carbonyl (C=O) groups is 1. The van der Waals surface area contributed by atoms with Gasteiger partial charge in [-0.2, -0.15) is 0 Å². The van der Waals surface area contributed by atoms with Crippen LogP contribution in [0.25, 0.3) is 5.52 Å². The van der Waals surface area contributed by atoms with Gasteiger partial charge in [-0.05, 0) is 22.9 Å². The molecule has 2 rings (SSSR count). The van der Waals surface area contributed by atoms with Crippen molar-refractivity contribution in [3.05, 3.63) is 33.2 Å². The summed E-state index contributed by atoms with van der Waals surface area (Å²) in [6.07, 6.45) is 3.98. The molecule has 2 heterocycles. The molecule has 0 saturated heterocycles. The Morgan fingerprint density at radius 3 is 2.93 bits per heavy atom. The Hall–Kier alpha value is -1.43. The highest BCUT2D eigenvalue weighted by atomic mass is 79.9. The van der Waals surface area contributed by atoms with Crippen LogP contribution in [0.4, 0.5) is 0 Å². The summed E-state index contributed by atoms with van der Waals surface area (Å²) in [6.45, 7) is 1.87. The summed E-state index contributed by atoms with van der Waals surface area (Å²) in [6, 6.07) is 0. The number of aromatic nitrogens is 3. The maximum absolute atomic E-state index is 11.9. The standard InChI is InChI=1S/C9H8BrN3O2/c1-6-11-8(10)7-9(15)12(4-5-14)2-3-13(6)7/h2-3,5H,4H2,1H3. The molecule has 78 valence electrons. The molecule has 0 aliphatic heterocycles. The minimum atomic E-state index is -0.225. The molecule has 6 heteroatoms. The van der Waals surface area contributed by atoms with Crippen LogP contribution in [0, 0.1) is 6.92 Å². The number of aldehydes is 1. The normalized spacial score (nSPS) is 10.8. The van der Waals surface area contributed by atoms with Crippen molar-refractivity contribution >= 4 is 27.7 Å².